The van der Waals surface area contributed by atoms with Crippen LogP contribution in [-0.4, -0.2) is 80.3 Å². The van der Waals surface area contributed by atoms with E-state index in [4.69, 9.17) is 0 Å². The van der Waals surface area contributed by atoms with Gasteiger partial charge in [0.05, 0.1) is 6.54 Å². The molecule has 1 saturated heterocycles. The number of halogens is 3. The van der Waals surface area contributed by atoms with Crippen LogP contribution in [0.1, 0.15) is 47.0 Å². The van der Waals surface area contributed by atoms with Crippen LogP contribution in [0.15, 0.2) is 4.99 Å². The molecule has 1 heterocycles. The van der Waals surface area contributed by atoms with E-state index in [1.54, 1.807) is 0 Å². The van der Waals surface area contributed by atoms with Crippen molar-refractivity contribution in [2.75, 3.05) is 52.4 Å². The second-order valence-electron chi connectivity index (χ2n) is 7.44. The van der Waals surface area contributed by atoms with Crippen LogP contribution in [0, 0.1) is 5.92 Å². The normalized spacial score (nSPS) is 20.3. The molecule has 1 fully saturated rings. The van der Waals surface area contributed by atoms with Gasteiger partial charge in [0.15, 0.2) is 5.96 Å². The molecule has 2 unspecified atom stereocenters. The molecule has 0 spiro atoms. The molecule has 27 heavy (non-hydrogen) atoms. The van der Waals surface area contributed by atoms with E-state index in [-0.39, 0.29) is 5.92 Å². The Morgan fingerprint density at radius 2 is 1.96 bits per heavy atom. The van der Waals surface area contributed by atoms with Gasteiger partial charge in [-0.2, -0.15) is 13.2 Å². The molecule has 0 aromatic heterocycles. The van der Waals surface area contributed by atoms with Gasteiger partial charge in [-0.1, -0.05) is 13.8 Å². The molecule has 0 amide bonds. The van der Waals surface area contributed by atoms with E-state index in [1.807, 2.05) is 6.92 Å². The fourth-order valence-electron chi connectivity index (χ4n) is 3.47. The van der Waals surface area contributed by atoms with Crippen molar-refractivity contribution in [1.29, 1.82) is 0 Å². The van der Waals surface area contributed by atoms with Gasteiger partial charge in [0.25, 0.3) is 0 Å². The largest absolute Gasteiger partial charge is 0.401 e. The highest BCUT2D eigenvalue weighted by atomic mass is 19.4. The van der Waals surface area contributed by atoms with Crippen LogP contribution < -0.4 is 10.6 Å². The standard InChI is InChI=1S/C19H38F3N5/c1-5-23-18(25-16(4)9-8-11-26(6-2)7-3)24-13-17-10-12-27(14-17)15-19(20,21)22/h16-17H,5-15H2,1-4H3,(H2,23,24,25). The van der Waals surface area contributed by atoms with Gasteiger partial charge in [0.2, 0.25) is 0 Å². The Kier molecular flexibility index (Phi) is 11.1. The SMILES string of the molecule is CCNC(=NCC1CCN(CC(F)(F)F)C1)NC(C)CCCN(CC)CC. The molecule has 2 atom stereocenters. The van der Waals surface area contributed by atoms with Crippen LogP contribution in [0.5, 0.6) is 0 Å². The monoisotopic (exact) mass is 393 g/mol. The van der Waals surface area contributed by atoms with E-state index in [0.29, 0.717) is 25.7 Å². The lowest BCUT2D eigenvalue weighted by Gasteiger charge is -2.21. The van der Waals surface area contributed by atoms with Crippen molar-refractivity contribution in [2.24, 2.45) is 10.9 Å². The van der Waals surface area contributed by atoms with E-state index in [0.717, 1.165) is 51.4 Å². The average Bonchev–Trinajstić information content (AvgIpc) is 3.02. The average molecular weight is 394 g/mol. The number of nitrogens with zero attached hydrogens (tertiary/aromatic N) is 3. The second-order valence-corrected chi connectivity index (χ2v) is 7.44. The summed E-state index contributed by atoms with van der Waals surface area (Å²) in [5.74, 6) is 0.961. The van der Waals surface area contributed by atoms with Gasteiger partial charge in [-0.3, -0.25) is 9.89 Å². The van der Waals surface area contributed by atoms with Crippen LogP contribution in [0.4, 0.5) is 13.2 Å². The van der Waals surface area contributed by atoms with Crippen molar-refractivity contribution < 1.29 is 13.2 Å². The fraction of sp³-hybridized carbons (Fsp3) is 0.947. The van der Waals surface area contributed by atoms with Crippen molar-refractivity contribution in [3.63, 3.8) is 0 Å². The Morgan fingerprint density at radius 3 is 2.56 bits per heavy atom. The van der Waals surface area contributed by atoms with E-state index in [9.17, 15) is 13.2 Å². The molecule has 8 heteroatoms. The molecular formula is C19H38F3N5. The van der Waals surface area contributed by atoms with Crippen molar-refractivity contribution in [3.8, 4) is 0 Å². The number of rotatable bonds is 11. The maximum atomic E-state index is 12.5. The van der Waals surface area contributed by atoms with Gasteiger partial charge in [0, 0.05) is 25.7 Å². The van der Waals surface area contributed by atoms with Gasteiger partial charge < -0.3 is 15.5 Å². The molecule has 0 radical (unpaired) electrons. The van der Waals surface area contributed by atoms with E-state index < -0.39 is 12.7 Å². The Bertz CT molecular complexity index is 424. The van der Waals surface area contributed by atoms with Gasteiger partial charge in [-0.25, -0.2) is 0 Å². The number of hydrogen-bond acceptors (Lipinski definition) is 3. The quantitative estimate of drug-likeness (QED) is 0.418. The van der Waals surface area contributed by atoms with Crippen molar-refractivity contribution >= 4 is 5.96 Å². The van der Waals surface area contributed by atoms with Gasteiger partial charge in [-0.05, 0) is 65.2 Å². The lowest BCUT2D eigenvalue weighted by molar-refractivity contribution is -0.143. The smallest absolute Gasteiger partial charge is 0.357 e. The summed E-state index contributed by atoms with van der Waals surface area (Å²) in [4.78, 5) is 8.52. The number of hydrogen-bond donors (Lipinski definition) is 2. The Morgan fingerprint density at radius 1 is 1.26 bits per heavy atom. The third kappa shape index (κ3) is 10.8. The third-order valence-electron chi connectivity index (χ3n) is 5.01. The van der Waals surface area contributed by atoms with Gasteiger partial charge in [0.1, 0.15) is 0 Å². The molecule has 1 aliphatic heterocycles. The number of likely N-dealkylation sites (tertiary alicyclic amines) is 1. The zero-order valence-electron chi connectivity index (χ0n) is 17.4. The van der Waals surface area contributed by atoms with E-state index in [1.165, 1.54) is 4.90 Å². The number of aliphatic imine (C=N–C) groups is 1. The van der Waals surface area contributed by atoms with Crippen molar-refractivity contribution in [2.45, 2.75) is 59.2 Å². The number of alkyl halides is 3. The topological polar surface area (TPSA) is 42.9 Å². The highest BCUT2D eigenvalue weighted by molar-refractivity contribution is 5.80. The summed E-state index contributed by atoms with van der Waals surface area (Å²) in [5.41, 5.74) is 0. The zero-order valence-corrected chi connectivity index (χ0v) is 17.4. The molecule has 1 rings (SSSR count). The number of nitrogens with one attached hydrogen (secondary N) is 2. The lowest BCUT2D eigenvalue weighted by Crippen LogP contribution is -2.42. The molecule has 0 aromatic carbocycles. The summed E-state index contributed by atoms with van der Waals surface area (Å²) in [7, 11) is 0. The van der Waals surface area contributed by atoms with Crippen molar-refractivity contribution in [3.05, 3.63) is 0 Å². The first kappa shape index (κ1) is 24.0. The molecule has 0 aromatic rings. The molecular weight excluding hydrogens is 355 g/mol. The summed E-state index contributed by atoms with van der Waals surface area (Å²) >= 11 is 0. The van der Waals surface area contributed by atoms with E-state index >= 15 is 0 Å². The van der Waals surface area contributed by atoms with Crippen molar-refractivity contribution in [1.82, 2.24) is 20.4 Å². The molecule has 2 N–H and O–H groups in total. The minimum atomic E-state index is -4.12. The summed E-state index contributed by atoms with van der Waals surface area (Å²) in [5, 5.41) is 6.67. The molecule has 0 bridgehead atoms. The number of guanidine groups is 1. The maximum absolute atomic E-state index is 12.5. The molecule has 1 aliphatic rings. The van der Waals surface area contributed by atoms with Crippen LogP contribution in [0.25, 0.3) is 0 Å². The molecule has 0 saturated carbocycles. The van der Waals surface area contributed by atoms with Crippen LogP contribution in [0.2, 0.25) is 0 Å². The Labute approximate surface area is 162 Å². The van der Waals surface area contributed by atoms with Crippen LogP contribution in [-0.2, 0) is 0 Å². The minimum Gasteiger partial charge on any atom is -0.357 e. The first-order valence-electron chi connectivity index (χ1n) is 10.3. The highest BCUT2D eigenvalue weighted by Crippen LogP contribution is 2.22. The molecule has 0 aliphatic carbocycles. The summed E-state index contributed by atoms with van der Waals surface area (Å²) in [6.07, 6.45) is -1.15. The maximum Gasteiger partial charge on any atom is 0.401 e. The highest BCUT2D eigenvalue weighted by Gasteiger charge is 2.34. The van der Waals surface area contributed by atoms with Gasteiger partial charge in [-0.15, -0.1) is 0 Å². The molecule has 5 nitrogen and oxygen atoms in total. The lowest BCUT2D eigenvalue weighted by atomic mass is 10.1. The summed E-state index contributed by atoms with van der Waals surface area (Å²) in [6.45, 7) is 13.3. The third-order valence-corrected chi connectivity index (χ3v) is 5.01. The van der Waals surface area contributed by atoms with Crippen LogP contribution >= 0.6 is 0 Å². The minimum absolute atomic E-state index is 0.195. The second kappa shape index (κ2) is 12.4. The predicted molar refractivity (Wildman–Crippen MR) is 106 cm³/mol. The fourth-order valence-corrected chi connectivity index (χ4v) is 3.47. The summed E-state index contributed by atoms with van der Waals surface area (Å²) in [6, 6.07) is 0.309. The first-order valence-corrected chi connectivity index (χ1v) is 10.3. The molecule has 160 valence electrons. The Balaban J connectivity index is 2.39. The van der Waals surface area contributed by atoms with Gasteiger partial charge >= 0.3 is 6.18 Å². The zero-order chi connectivity index (χ0) is 20.3. The Hall–Kier alpha value is -1.02. The first-order chi connectivity index (χ1) is 12.8. The van der Waals surface area contributed by atoms with Crippen LogP contribution in [0.3, 0.4) is 0 Å². The predicted octanol–water partition coefficient (Wildman–Crippen LogP) is 2.94. The van der Waals surface area contributed by atoms with E-state index in [2.05, 4.69) is 41.3 Å². The summed E-state index contributed by atoms with van der Waals surface area (Å²) < 4.78 is 37.5.